The van der Waals surface area contributed by atoms with Crippen molar-refractivity contribution in [3.63, 3.8) is 0 Å². The summed E-state index contributed by atoms with van der Waals surface area (Å²) >= 11 is 5.80. The van der Waals surface area contributed by atoms with Crippen LogP contribution in [0.4, 0.5) is 0 Å². The van der Waals surface area contributed by atoms with E-state index in [1.807, 2.05) is 0 Å². The van der Waals surface area contributed by atoms with Crippen molar-refractivity contribution >= 4 is 23.4 Å². The number of hydrogen-bond donors (Lipinski definition) is 4. The molecule has 4 N–H and O–H groups in total. The molecule has 1 fully saturated rings. The number of benzene rings is 2. The van der Waals surface area contributed by atoms with Gasteiger partial charge in [-0.1, -0.05) is 29.8 Å². The number of aliphatic hydroxyl groups is 2. The van der Waals surface area contributed by atoms with Crippen LogP contribution in [0, 0.1) is 0 Å². The van der Waals surface area contributed by atoms with E-state index in [0.717, 1.165) is 0 Å². The van der Waals surface area contributed by atoms with E-state index in [4.69, 9.17) is 16.3 Å². The topological polar surface area (TPSA) is 108 Å². The highest BCUT2D eigenvalue weighted by atomic mass is 35.5. The zero-order valence-corrected chi connectivity index (χ0v) is 15.7. The molecule has 2 amide bonds. The molecule has 7 nitrogen and oxygen atoms in total. The molecule has 2 aromatic rings. The van der Waals surface area contributed by atoms with E-state index in [2.05, 4.69) is 10.6 Å². The summed E-state index contributed by atoms with van der Waals surface area (Å²) in [6, 6.07) is 14.9. The second kappa shape index (κ2) is 8.70. The fraction of sp³-hybridized carbons (Fsp3) is 0.300. The second-order valence-corrected chi connectivity index (χ2v) is 7.10. The SMILES string of the molecule is O=C(NC[C@H]1OC[C@@](O)(CNC(=O)c2ccccc2)[C@@H]1O)c1ccc(Cl)cc1. The highest BCUT2D eigenvalue weighted by Gasteiger charge is 2.48. The van der Waals surface area contributed by atoms with Crippen LogP contribution >= 0.6 is 11.6 Å². The van der Waals surface area contributed by atoms with Gasteiger partial charge in [-0.2, -0.15) is 0 Å². The average molecular weight is 405 g/mol. The number of ether oxygens (including phenoxy) is 1. The van der Waals surface area contributed by atoms with Gasteiger partial charge in [-0.05, 0) is 36.4 Å². The van der Waals surface area contributed by atoms with E-state index < -0.39 is 17.8 Å². The van der Waals surface area contributed by atoms with E-state index in [0.29, 0.717) is 16.1 Å². The van der Waals surface area contributed by atoms with Gasteiger partial charge in [-0.25, -0.2) is 0 Å². The summed E-state index contributed by atoms with van der Waals surface area (Å²) in [5.74, 6) is -0.707. The van der Waals surface area contributed by atoms with Gasteiger partial charge >= 0.3 is 0 Å². The lowest BCUT2D eigenvalue weighted by molar-refractivity contribution is -0.0464. The van der Waals surface area contributed by atoms with Crippen molar-refractivity contribution in [3.8, 4) is 0 Å². The Kier molecular flexibility index (Phi) is 6.31. The van der Waals surface area contributed by atoms with Crippen LogP contribution < -0.4 is 10.6 Å². The van der Waals surface area contributed by atoms with E-state index in [1.165, 1.54) is 0 Å². The third kappa shape index (κ3) is 4.69. The smallest absolute Gasteiger partial charge is 0.251 e. The zero-order valence-electron chi connectivity index (χ0n) is 15.0. The molecule has 0 saturated carbocycles. The van der Waals surface area contributed by atoms with Crippen LogP contribution in [0.2, 0.25) is 5.02 Å². The Morgan fingerprint density at radius 3 is 2.32 bits per heavy atom. The third-order valence-electron chi connectivity index (χ3n) is 4.61. The van der Waals surface area contributed by atoms with Gasteiger partial charge in [0.05, 0.1) is 13.2 Å². The van der Waals surface area contributed by atoms with Crippen molar-refractivity contribution in [2.45, 2.75) is 17.8 Å². The van der Waals surface area contributed by atoms with Crippen LogP contribution in [0.3, 0.4) is 0 Å². The predicted molar refractivity (Wildman–Crippen MR) is 103 cm³/mol. The molecule has 1 heterocycles. The fourth-order valence-corrected chi connectivity index (χ4v) is 3.05. The minimum atomic E-state index is -1.64. The maximum Gasteiger partial charge on any atom is 0.251 e. The molecule has 28 heavy (non-hydrogen) atoms. The van der Waals surface area contributed by atoms with Gasteiger partial charge in [-0.15, -0.1) is 0 Å². The van der Waals surface area contributed by atoms with Gasteiger partial charge in [0.25, 0.3) is 11.8 Å². The van der Waals surface area contributed by atoms with Crippen molar-refractivity contribution in [3.05, 3.63) is 70.7 Å². The molecule has 0 spiro atoms. The zero-order chi connectivity index (χ0) is 20.1. The molecular formula is C20H21ClN2O5. The summed E-state index contributed by atoms with van der Waals surface area (Å²) in [6.07, 6.45) is -2.07. The van der Waals surface area contributed by atoms with Crippen LogP contribution in [-0.4, -0.2) is 59.5 Å². The fourth-order valence-electron chi connectivity index (χ4n) is 2.92. The van der Waals surface area contributed by atoms with Crippen LogP contribution in [-0.2, 0) is 4.74 Å². The Labute approximate surface area is 167 Å². The van der Waals surface area contributed by atoms with Gasteiger partial charge in [0.2, 0.25) is 0 Å². The molecule has 0 aromatic heterocycles. The summed E-state index contributed by atoms with van der Waals surface area (Å²) < 4.78 is 5.44. The Morgan fingerprint density at radius 1 is 1.04 bits per heavy atom. The molecule has 0 bridgehead atoms. The lowest BCUT2D eigenvalue weighted by Crippen LogP contribution is -2.53. The summed E-state index contributed by atoms with van der Waals surface area (Å²) in [7, 11) is 0. The molecular weight excluding hydrogens is 384 g/mol. The monoisotopic (exact) mass is 404 g/mol. The van der Waals surface area contributed by atoms with Crippen molar-refractivity contribution in [1.82, 2.24) is 10.6 Å². The predicted octanol–water partition coefficient (Wildman–Crippen LogP) is 0.991. The van der Waals surface area contributed by atoms with E-state index in [1.54, 1.807) is 54.6 Å². The molecule has 0 radical (unpaired) electrons. The number of carbonyl (C=O) groups excluding carboxylic acids is 2. The molecule has 2 aromatic carbocycles. The second-order valence-electron chi connectivity index (χ2n) is 6.66. The highest BCUT2D eigenvalue weighted by Crippen LogP contribution is 2.24. The first-order valence-corrected chi connectivity index (χ1v) is 9.16. The lowest BCUT2D eigenvalue weighted by Gasteiger charge is -2.26. The molecule has 1 aliphatic heterocycles. The summed E-state index contributed by atoms with van der Waals surface area (Å²) in [6.45, 7) is -0.328. The first kappa shape index (κ1) is 20.3. The maximum absolute atomic E-state index is 12.1. The molecule has 1 saturated heterocycles. The number of hydrogen-bond acceptors (Lipinski definition) is 5. The molecule has 3 atom stereocenters. The number of rotatable bonds is 6. The maximum atomic E-state index is 12.1. The van der Waals surface area contributed by atoms with Crippen molar-refractivity contribution in [2.75, 3.05) is 19.7 Å². The van der Waals surface area contributed by atoms with Crippen LogP contribution in [0.25, 0.3) is 0 Å². The first-order valence-electron chi connectivity index (χ1n) is 8.78. The quantitative estimate of drug-likeness (QED) is 0.574. The Bertz CT molecular complexity index is 830. The van der Waals surface area contributed by atoms with Gasteiger partial charge in [-0.3, -0.25) is 9.59 Å². The van der Waals surface area contributed by atoms with Gasteiger partial charge < -0.3 is 25.6 Å². The number of halogens is 1. The average Bonchev–Trinajstić information content (AvgIpc) is 3.00. The number of amides is 2. The number of aliphatic hydroxyl groups excluding tert-OH is 1. The molecule has 148 valence electrons. The van der Waals surface area contributed by atoms with Crippen LogP contribution in [0.5, 0.6) is 0 Å². The van der Waals surface area contributed by atoms with Gasteiger partial charge in [0, 0.05) is 22.7 Å². The van der Waals surface area contributed by atoms with E-state index in [9.17, 15) is 19.8 Å². The summed E-state index contributed by atoms with van der Waals surface area (Å²) in [5, 5.41) is 26.8. The van der Waals surface area contributed by atoms with Gasteiger partial charge in [0.1, 0.15) is 17.8 Å². The molecule has 0 unspecified atom stereocenters. The first-order chi connectivity index (χ1) is 13.4. The van der Waals surface area contributed by atoms with E-state index in [-0.39, 0.29) is 31.5 Å². The lowest BCUT2D eigenvalue weighted by atomic mass is 9.96. The van der Waals surface area contributed by atoms with Crippen LogP contribution in [0.1, 0.15) is 20.7 Å². The molecule has 8 heteroatoms. The minimum absolute atomic E-state index is 0.0115. The third-order valence-corrected chi connectivity index (χ3v) is 4.86. The van der Waals surface area contributed by atoms with Gasteiger partial charge in [0.15, 0.2) is 0 Å². The van der Waals surface area contributed by atoms with Crippen molar-refractivity contribution in [1.29, 1.82) is 0 Å². The largest absolute Gasteiger partial charge is 0.387 e. The summed E-state index contributed by atoms with van der Waals surface area (Å²) in [4.78, 5) is 24.3. The Balaban J connectivity index is 1.51. The number of nitrogens with one attached hydrogen (secondary N) is 2. The van der Waals surface area contributed by atoms with Crippen molar-refractivity contribution in [2.24, 2.45) is 0 Å². The Morgan fingerprint density at radius 2 is 1.64 bits per heavy atom. The number of carbonyl (C=O) groups is 2. The van der Waals surface area contributed by atoms with Crippen molar-refractivity contribution < 1.29 is 24.5 Å². The minimum Gasteiger partial charge on any atom is -0.387 e. The molecule has 0 aliphatic carbocycles. The summed E-state index contributed by atoms with van der Waals surface area (Å²) in [5.41, 5.74) is -0.770. The van der Waals surface area contributed by atoms with Crippen LogP contribution in [0.15, 0.2) is 54.6 Å². The molecule has 3 rings (SSSR count). The molecule has 1 aliphatic rings. The standard InChI is InChI=1S/C20H21ClN2O5/c21-15-8-6-14(7-9-15)18(25)22-10-16-17(24)20(27,12-28-16)11-23-19(26)13-4-2-1-3-5-13/h1-9,16-17,24,27H,10-12H2,(H,22,25)(H,23,26)/t16-,17-,20+/m1/s1. The Hall–Kier alpha value is -2.45. The highest BCUT2D eigenvalue weighted by molar-refractivity contribution is 6.30. The normalized spacial score (nSPS) is 24.0. The van der Waals surface area contributed by atoms with E-state index >= 15 is 0 Å².